The molecule has 3 atom stereocenters. The highest BCUT2D eigenvalue weighted by atomic mass is 32.2. The van der Waals surface area contributed by atoms with Crippen molar-refractivity contribution in [1.82, 2.24) is 4.72 Å². The minimum absolute atomic E-state index is 0.0539. The molecule has 0 saturated heterocycles. The highest BCUT2D eigenvalue weighted by Crippen LogP contribution is 2.40. The van der Waals surface area contributed by atoms with Crippen LogP contribution < -0.4 is 9.46 Å². The average Bonchev–Trinajstić information content (AvgIpc) is 2.71. The molecule has 0 radical (unpaired) electrons. The molecule has 1 unspecified atom stereocenters. The van der Waals surface area contributed by atoms with E-state index >= 15 is 0 Å². The van der Waals surface area contributed by atoms with Gasteiger partial charge in [-0.2, -0.15) is 0 Å². The normalized spacial score (nSPS) is 33.7. The number of ether oxygens (including phenoxy) is 2. The van der Waals surface area contributed by atoms with Crippen molar-refractivity contribution in [3.8, 4) is 5.75 Å². The van der Waals surface area contributed by atoms with E-state index in [1.165, 1.54) is 5.56 Å². The smallest absolute Gasteiger partial charge is 0.211 e. The molecular formula is C22H33NO4S. The zero-order valence-corrected chi connectivity index (χ0v) is 17.6. The van der Waals surface area contributed by atoms with Crippen LogP contribution in [0.3, 0.4) is 0 Å². The standard InChI is InChI=1S/C22H33NO4S/c1-2-28(24,25)23-21-8-5-6-17-14-27-22-9-4-3-7-19(22)16-10-12-18(13-11-16)26-15-20(17)21/h3-4,7,9,16-18,20-21,23H,2,5-6,8,10-15H2,1H3/t16-,17?,18+,20-,21+/m1/s1. The summed E-state index contributed by atoms with van der Waals surface area (Å²) in [4.78, 5) is 0. The Balaban J connectivity index is 1.59. The molecule has 28 heavy (non-hydrogen) atoms. The van der Waals surface area contributed by atoms with Crippen LogP contribution in [0.15, 0.2) is 24.3 Å². The molecule has 2 bridgehead atoms. The minimum Gasteiger partial charge on any atom is -0.493 e. The molecule has 2 heterocycles. The van der Waals surface area contributed by atoms with Gasteiger partial charge in [-0.25, -0.2) is 13.1 Å². The molecule has 0 amide bonds. The van der Waals surface area contributed by atoms with Crippen molar-refractivity contribution in [3.63, 3.8) is 0 Å². The second kappa shape index (κ2) is 8.72. The van der Waals surface area contributed by atoms with E-state index in [1.807, 2.05) is 0 Å². The lowest BCUT2D eigenvalue weighted by Crippen LogP contribution is -2.49. The first kappa shape index (κ1) is 20.2. The summed E-state index contributed by atoms with van der Waals surface area (Å²) in [5, 5.41) is 0. The van der Waals surface area contributed by atoms with Crippen molar-refractivity contribution < 1.29 is 17.9 Å². The minimum atomic E-state index is -3.23. The first-order valence-corrected chi connectivity index (χ1v) is 12.5. The zero-order valence-electron chi connectivity index (χ0n) is 16.8. The van der Waals surface area contributed by atoms with Crippen LogP contribution in [0.2, 0.25) is 0 Å². The van der Waals surface area contributed by atoms with E-state index in [2.05, 4.69) is 29.0 Å². The Morgan fingerprint density at radius 3 is 2.61 bits per heavy atom. The lowest BCUT2D eigenvalue weighted by atomic mass is 9.76. The van der Waals surface area contributed by atoms with Gasteiger partial charge in [-0.1, -0.05) is 24.6 Å². The van der Waals surface area contributed by atoms with Crippen molar-refractivity contribution in [2.75, 3.05) is 19.0 Å². The fraction of sp³-hybridized carbons (Fsp3) is 0.727. The summed E-state index contributed by atoms with van der Waals surface area (Å²) < 4.78 is 40.1. The highest BCUT2D eigenvalue weighted by Gasteiger charge is 2.37. The second-order valence-corrected chi connectivity index (χ2v) is 10.7. The van der Waals surface area contributed by atoms with E-state index in [4.69, 9.17) is 9.47 Å². The van der Waals surface area contributed by atoms with Crippen LogP contribution in [0, 0.1) is 11.8 Å². The number of sulfonamides is 1. The van der Waals surface area contributed by atoms with E-state index in [0.29, 0.717) is 31.2 Å². The molecule has 2 saturated carbocycles. The van der Waals surface area contributed by atoms with Crippen molar-refractivity contribution in [1.29, 1.82) is 0 Å². The van der Waals surface area contributed by atoms with Gasteiger partial charge < -0.3 is 9.47 Å². The van der Waals surface area contributed by atoms with Crippen molar-refractivity contribution in [2.45, 2.75) is 69.9 Å². The summed E-state index contributed by atoms with van der Waals surface area (Å²) in [6, 6.07) is 8.41. The predicted octanol–water partition coefficient (Wildman–Crippen LogP) is 3.85. The Morgan fingerprint density at radius 2 is 1.82 bits per heavy atom. The molecule has 4 aliphatic rings. The van der Waals surface area contributed by atoms with Crippen molar-refractivity contribution in [3.05, 3.63) is 29.8 Å². The molecule has 5 nitrogen and oxygen atoms in total. The fourth-order valence-electron chi connectivity index (χ4n) is 5.21. The van der Waals surface area contributed by atoms with Gasteiger partial charge in [0.15, 0.2) is 0 Å². The van der Waals surface area contributed by atoms with E-state index < -0.39 is 10.0 Å². The predicted molar refractivity (Wildman–Crippen MR) is 110 cm³/mol. The summed E-state index contributed by atoms with van der Waals surface area (Å²) in [5.74, 6) is 2.17. The lowest BCUT2D eigenvalue weighted by molar-refractivity contribution is -0.0298. The third kappa shape index (κ3) is 4.55. The number of fused-ring (bicyclic) bond motifs is 4. The van der Waals surface area contributed by atoms with Crippen LogP contribution in [-0.2, 0) is 14.8 Å². The Kier molecular flexibility index (Phi) is 6.28. The van der Waals surface area contributed by atoms with Crippen molar-refractivity contribution >= 4 is 10.0 Å². The maximum absolute atomic E-state index is 12.2. The van der Waals surface area contributed by atoms with E-state index in [9.17, 15) is 8.42 Å². The summed E-state index contributed by atoms with van der Waals surface area (Å²) >= 11 is 0. The first-order chi connectivity index (χ1) is 13.6. The van der Waals surface area contributed by atoms with E-state index in [-0.39, 0.29) is 17.7 Å². The molecule has 5 rings (SSSR count). The van der Waals surface area contributed by atoms with Gasteiger partial charge in [0.1, 0.15) is 5.75 Å². The topological polar surface area (TPSA) is 64.6 Å². The Labute approximate surface area is 169 Å². The molecule has 6 heteroatoms. The highest BCUT2D eigenvalue weighted by molar-refractivity contribution is 7.89. The first-order valence-electron chi connectivity index (χ1n) is 10.9. The van der Waals surface area contributed by atoms with Crippen LogP contribution in [-0.4, -0.2) is 39.5 Å². The molecular weight excluding hydrogens is 374 g/mol. The van der Waals surface area contributed by atoms with Gasteiger partial charge in [-0.05, 0) is 68.9 Å². The Morgan fingerprint density at radius 1 is 1.04 bits per heavy atom. The molecule has 1 aromatic rings. The van der Waals surface area contributed by atoms with Gasteiger partial charge in [-0.15, -0.1) is 0 Å². The summed E-state index contributed by atoms with van der Waals surface area (Å²) in [7, 11) is -3.23. The quantitative estimate of drug-likeness (QED) is 0.827. The third-order valence-corrected chi connectivity index (χ3v) is 8.36. The average molecular weight is 408 g/mol. The van der Waals surface area contributed by atoms with Gasteiger partial charge in [0.25, 0.3) is 0 Å². The van der Waals surface area contributed by atoms with Crippen LogP contribution in [0.4, 0.5) is 0 Å². The Bertz CT molecular complexity index is 758. The van der Waals surface area contributed by atoms with Crippen molar-refractivity contribution in [2.24, 2.45) is 11.8 Å². The van der Waals surface area contributed by atoms with E-state index in [0.717, 1.165) is 50.7 Å². The number of rotatable bonds is 3. The molecule has 0 aromatic heterocycles. The molecule has 2 aliphatic heterocycles. The maximum atomic E-state index is 12.2. The molecule has 1 N–H and O–H groups in total. The molecule has 1 aromatic carbocycles. The molecule has 156 valence electrons. The van der Waals surface area contributed by atoms with Crippen LogP contribution in [0.25, 0.3) is 0 Å². The van der Waals surface area contributed by atoms with Gasteiger partial charge in [-0.3, -0.25) is 0 Å². The largest absolute Gasteiger partial charge is 0.493 e. The molecule has 2 aliphatic carbocycles. The molecule has 0 spiro atoms. The summed E-state index contributed by atoms with van der Waals surface area (Å²) in [6.07, 6.45) is 7.67. The fourth-order valence-corrected chi connectivity index (χ4v) is 6.13. The second-order valence-electron chi connectivity index (χ2n) is 8.64. The van der Waals surface area contributed by atoms with Gasteiger partial charge in [0.2, 0.25) is 10.0 Å². The summed E-state index contributed by atoms with van der Waals surface area (Å²) in [5.41, 5.74) is 1.33. The van der Waals surface area contributed by atoms with E-state index in [1.54, 1.807) is 6.92 Å². The number of benzene rings is 1. The maximum Gasteiger partial charge on any atom is 0.211 e. The monoisotopic (exact) mass is 407 g/mol. The van der Waals surface area contributed by atoms with Crippen LogP contribution in [0.5, 0.6) is 5.75 Å². The number of hydrogen-bond acceptors (Lipinski definition) is 4. The third-order valence-electron chi connectivity index (χ3n) is 6.93. The number of hydrogen-bond donors (Lipinski definition) is 1. The number of para-hydroxylation sites is 1. The van der Waals surface area contributed by atoms with Gasteiger partial charge in [0.05, 0.1) is 25.1 Å². The molecule has 2 fully saturated rings. The van der Waals surface area contributed by atoms with Gasteiger partial charge >= 0.3 is 0 Å². The van der Waals surface area contributed by atoms with Crippen LogP contribution >= 0.6 is 0 Å². The lowest BCUT2D eigenvalue weighted by Gasteiger charge is -2.40. The van der Waals surface area contributed by atoms with Gasteiger partial charge in [0, 0.05) is 12.0 Å². The number of nitrogens with one attached hydrogen (secondary N) is 1. The van der Waals surface area contributed by atoms with Crippen LogP contribution in [0.1, 0.15) is 63.4 Å². The summed E-state index contributed by atoms with van der Waals surface area (Å²) in [6.45, 7) is 2.95. The Hall–Kier alpha value is -1.11. The zero-order chi connectivity index (χ0) is 19.6. The SMILES string of the molecule is CCS(=O)(=O)N[C@H]1CCCC2COc3ccccc3[C@H]3CC[C@H](CC3)OC[C@H]21.